The Morgan fingerprint density at radius 1 is 0.394 bits per heavy atom. The Morgan fingerprint density at radius 2 is 0.636 bits per heavy atom. The molecule has 4 saturated heterocycles. The van der Waals surface area contributed by atoms with Crippen molar-refractivity contribution in [3.63, 3.8) is 0 Å². The van der Waals surface area contributed by atoms with Crippen molar-refractivity contribution in [3.05, 3.63) is 212 Å². The molecule has 0 bridgehead atoms. The van der Waals surface area contributed by atoms with Crippen molar-refractivity contribution in [3.8, 4) is 47.4 Å². The van der Waals surface area contributed by atoms with Gasteiger partial charge in [0, 0.05) is 131 Å². The highest BCUT2D eigenvalue weighted by molar-refractivity contribution is 9.10. The molecule has 0 amide bonds. The third-order valence-corrected chi connectivity index (χ3v) is 27.6. The molecule has 12 N–H and O–H groups in total. The SMILES string of the molecule is CC#CC1CN(S(=O)(=O)c2cnc(Cl)c(F)c2)CCN1c1ccc(C(C)(O)C(F)(F)F)cc1.CC#CC1CN(S(=O)(=O)c2cnc(Cl)c(F)c2)CCN1c1ccc(C(C)(O)C(F)(F)F)cc1.CC#CC1CN(S(=O)(=O)c2cnc(N)c(F)c2)CCN1c1ccc(C(C)(O)C(F)(F)F)cc1.CC#CC1CNCCN1c1ccc(C(C)(O)C(F)(F)F)cc1.Fc1cc(Br)cnc1Cl.[NH4+].[OH-]. The zero-order valence-corrected chi connectivity index (χ0v) is 77.4. The summed E-state index contributed by atoms with van der Waals surface area (Å²) in [6.45, 7) is 11.9. The highest BCUT2D eigenvalue weighted by atomic mass is 79.9. The second-order valence-electron chi connectivity index (χ2n) is 29.5. The van der Waals surface area contributed by atoms with Gasteiger partial charge >= 0.3 is 24.7 Å². The number of halogens is 20. The predicted molar refractivity (Wildman–Crippen MR) is 468 cm³/mol. The molecule has 132 heavy (non-hydrogen) atoms. The summed E-state index contributed by atoms with van der Waals surface area (Å²) in [7, 11) is -12.2. The molecule has 0 spiro atoms. The lowest BCUT2D eigenvalue weighted by molar-refractivity contribution is -0.259. The number of hydrogen-bond acceptors (Lipinski definition) is 21. The van der Waals surface area contributed by atoms with Crippen LogP contribution in [-0.4, -0.2) is 211 Å². The molecule has 48 heteroatoms. The lowest BCUT2D eigenvalue weighted by atomic mass is 9.95. The molecule has 8 aromatic rings. The van der Waals surface area contributed by atoms with E-state index in [1.54, 1.807) is 54.5 Å². The molecule has 4 aliphatic heterocycles. The van der Waals surface area contributed by atoms with Crippen LogP contribution in [0.2, 0.25) is 15.5 Å². The first-order valence-corrected chi connectivity index (χ1v) is 44.6. The molecule has 8 atom stereocenters. The molecule has 0 radical (unpaired) electrons. The van der Waals surface area contributed by atoms with Crippen LogP contribution in [0.25, 0.3) is 0 Å². The standard InChI is InChI=1S/2C21H20ClF4N3O3S.C21H22F4N4O3S.C16H19F3N2O.C5H2BrClFN.H3N.H2O/c2*1-3-4-16-13-28(33(31,32)17-11-18(23)19(22)27-12-17)9-10-29(16)15-7-5-14(6-8-15)20(2,30)21(24,25)26;1-3-4-16-13-28(33(31,32)17-11-18(22)19(26)27-12-17)9-10-29(16)15-7-5-14(6-8-15)20(2,30)21(23,24)25;1-3-4-14-11-20-9-10-21(14)13-7-5-12(6-8-13)15(2,22)16(17,18)19;6-3-1-4(8)5(7)9-2-3;;/h2*5-8,11-12,16,30H,9-10,13H2,1-2H3;5-8,11-12,16,30H,9-10,13H2,1-2H3,(H2,26,27);5-8,14,20,22H,9-11H2,1-2H3;1-2H;1H3;1H2. The van der Waals surface area contributed by atoms with E-state index in [4.69, 9.17) is 40.5 Å². The summed E-state index contributed by atoms with van der Waals surface area (Å²) in [6, 6.07) is 23.2. The monoisotopic (exact) mass is 2050 g/mol. The molecular weight excluding hydrogens is 1970 g/mol. The van der Waals surface area contributed by atoms with Crippen LogP contribution in [0.3, 0.4) is 0 Å². The van der Waals surface area contributed by atoms with Gasteiger partial charge in [0.25, 0.3) is 0 Å². The summed E-state index contributed by atoms with van der Waals surface area (Å²) < 4.78 is 292. The summed E-state index contributed by atoms with van der Waals surface area (Å²) in [4.78, 5) is 20.5. The number of alkyl halides is 12. The average Bonchev–Trinajstić information content (AvgIpc) is 0.784. The van der Waals surface area contributed by atoms with Crippen LogP contribution in [0, 0.1) is 70.6 Å². The number of aromatic nitrogens is 4. The third-order valence-electron chi connectivity index (χ3n) is 20.8. The number of quaternary nitrogens is 1. The minimum absolute atomic E-state index is 0. The molecule has 4 aromatic heterocycles. The molecule has 718 valence electrons. The summed E-state index contributed by atoms with van der Waals surface area (Å²) in [5.41, 5.74) is -5.36. The number of nitrogen functional groups attached to an aromatic ring is 1. The smallest absolute Gasteiger partial charge is 0.421 e. The first-order valence-electron chi connectivity index (χ1n) is 38.4. The van der Waals surface area contributed by atoms with Crippen molar-refractivity contribution in [2.24, 2.45) is 0 Å². The molecule has 0 aliphatic carbocycles. The van der Waals surface area contributed by atoms with Gasteiger partial charge < -0.3 is 62.7 Å². The summed E-state index contributed by atoms with van der Waals surface area (Å²) in [5, 5.41) is 41.5. The number of nitrogens with zero attached hydrogens (tertiary/aromatic N) is 11. The molecule has 8 heterocycles. The van der Waals surface area contributed by atoms with E-state index < -0.39 is 135 Å². The fourth-order valence-electron chi connectivity index (χ4n) is 13.1. The Kier molecular flexibility index (Phi) is 37.6. The van der Waals surface area contributed by atoms with E-state index in [-0.39, 0.29) is 119 Å². The van der Waals surface area contributed by atoms with Crippen LogP contribution < -0.4 is 36.8 Å². The fraction of sp³-hybridized carbons (Fsp3) is 0.381. The van der Waals surface area contributed by atoms with Crippen molar-refractivity contribution in [2.75, 3.05) is 104 Å². The molecular formula is C84H88BrCl3F16N14O11S3. The van der Waals surface area contributed by atoms with Crippen molar-refractivity contribution < 1.29 is 121 Å². The number of aliphatic hydroxyl groups is 4. The Balaban J connectivity index is 0.000000263. The summed E-state index contributed by atoms with van der Waals surface area (Å²) in [6.07, 6.45) is -14.9. The van der Waals surface area contributed by atoms with Crippen LogP contribution in [0.5, 0.6) is 0 Å². The molecule has 0 saturated carbocycles. The number of nitrogens with two attached hydrogens (primary N) is 1. The van der Waals surface area contributed by atoms with E-state index in [0.29, 0.717) is 48.9 Å². The normalized spacial score (nSPS) is 18.9. The second kappa shape index (κ2) is 44.7. The highest BCUT2D eigenvalue weighted by Gasteiger charge is 2.55. The summed E-state index contributed by atoms with van der Waals surface area (Å²) in [5.74, 6) is 19.1. The Morgan fingerprint density at radius 3 is 0.879 bits per heavy atom. The van der Waals surface area contributed by atoms with Crippen molar-refractivity contribution in [1.29, 1.82) is 0 Å². The largest absolute Gasteiger partial charge is 0.870 e. The number of piperazine rings is 4. The van der Waals surface area contributed by atoms with Gasteiger partial charge in [-0.3, -0.25) is 0 Å². The number of hydrogen-bond donors (Lipinski definition) is 7. The first-order chi connectivity index (χ1) is 60.3. The molecule has 4 fully saturated rings. The molecule has 8 unspecified atom stereocenters. The van der Waals surface area contributed by atoms with Gasteiger partial charge in [-0.05, 0) is 166 Å². The molecule has 12 rings (SSSR count). The maximum atomic E-state index is 13.8. The van der Waals surface area contributed by atoms with E-state index in [2.05, 4.69) is 93.4 Å². The van der Waals surface area contributed by atoms with Gasteiger partial charge in [-0.15, -0.1) is 23.7 Å². The lowest BCUT2D eigenvalue weighted by Crippen LogP contribution is -2.54. The van der Waals surface area contributed by atoms with Gasteiger partial charge in [-0.1, -0.05) is 107 Å². The van der Waals surface area contributed by atoms with Crippen LogP contribution in [0.1, 0.15) is 77.6 Å². The van der Waals surface area contributed by atoms with Gasteiger partial charge in [0.2, 0.25) is 30.1 Å². The van der Waals surface area contributed by atoms with Gasteiger partial charge in [-0.25, -0.2) is 62.8 Å². The number of rotatable bonds is 14. The third kappa shape index (κ3) is 26.1. The molecule has 4 aromatic carbocycles. The van der Waals surface area contributed by atoms with Crippen LogP contribution in [-0.2, 0) is 52.5 Å². The fourth-order valence-corrected chi connectivity index (χ4v) is 17.9. The zero-order chi connectivity index (χ0) is 97.0. The lowest BCUT2D eigenvalue weighted by Gasteiger charge is -2.40. The number of anilines is 5. The Labute approximate surface area is 774 Å². The van der Waals surface area contributed by atoms with E-state index in [1.807, 2.05) is 0 Å². The Bertz CT molecular complexity index is 5520. The maximum Gasteiger partial charge on any atom is 0.421 e. The number of benzene rings is 4. The van der Waals surface area contributed by atoms with Crippen LogP contribution >= 0.6 is 50.7 Å². The summed E-state index contributed by atoms with van der Waals surface area (Å²) >= 11 is 19.4. The van der Waals surface area contributed by atoms with Gasteiger partial charge in [0.15, 0.2) is 67.0 Å². The number of pyridine rings is 4. The number of sulfonamides is 3. The molecule has 25 nitrogen and oxygen atoms in total. The number of nitrogens with one attached hydrogen (secondary N) is 1. The quantitative estimate of drug-likeness (QED) is 0.0302. The van der Waals surface area contributed by atoms with Crippen molar-refractivity contribution in [1.82, 2.24) is 44.3 Å². The van der Waals surface area contributed by atoms with E-state index >= 15 is 0 Å². The topological polar surface area (TPSA) is 362 Å². The first kappa shape index (κ1) is 111. The average molecular weight is 2060 g/mol. The van der Waals surface area contributed by atoms with Crippen molar-refractivity contribution >= 4 is 109 Å². The molecule has 4 aliphatic rings. The van der Waals surface area contributed by atoms with Gasteiger partial charge in [0.05, 0.1) is 0 Å². The van der Waals surface area contributed by atoms with Gasteiger partial charge in [-0.2, -0.15) is 65.6 Å². The second-order valence-corrected chi connectivity index (χ2v) is 37.3. The predicted octanol–water partition coefficient (Wildman–Crippen LogP) is 14.7. The van der Waals surface area contributed by atoms with Crippen LogP contribution in [0.4, 0.5) is 98.8 Å². The minimum Gasteiger partial charge on any atom is -0.870 e. The zero-order valence-electron chi connectivity index (χ0n) is 71.1. The highest BCUT2D eigenvalue weighted by Crippen LogP contribution is 2.44. The van der Waals surface area contributed by atoms with Crippen molar-refractivity contribution in [2.45, 2.75) is 141 Å². The Hall–Kier alpha value is -9.60. The maximum absolute atomic E-state index is 13.8. The van der Waals surface area contributed by atoms with E-state index in [9.17, 15) is 116 Å². The van der Waals surface area contributed by atoms with Crippen LogP contribution in [0.15, 0.2) is 165 Å². The van der Waals surface area contributed by atoms with E-state index in [0.717, 1.165) is 75.4 Å². The van der Waals surface area contributed by atoms with Gasteiger partial charge in [0.1, 0.15) is 38.9 Å². The minimum atomic E-state index is -4.85. The van der Waals surface area contributed by atoms with E-state index in [1.165, 1.54) is 97.2 Å².